The minimum absolute atomic E-state index is 0.138. The second kappa shape index (κ2) is 10.3. The van der Waals surface area contributed by atoms with E-state index >= 15 is 0 Å². The van der Waals surface area contributed by atoms with Gasteiger partial charge in [0.15, 0.2) is 23.0 Å². The van der Waals surface area contributed by atoms with Gasteiger partial charge in [-0.3, -0.25) is 14.9 Å². The van der Waals surface area contributed by atoms with Crippen molar-refractivity contribution in [3.05, 3.63) is 87.5 Å². The summed E-state index contributed by atoms with van der Waals surface area (Å²) in [5.74, 6) is 1.95. The molecule has 0 bridgehead atoms. The molecule has 1 atom stereocenters. The monoisotopic (exact) mass is 478 g/mol. The number of para-hydroxylation sites is 2. The van der Waals surface area contributed by atoms with Crippen LogP contribution in [0.2, 0.25) is 0 Å². The van der Waals surface area contributed by atoms with E-state index in [1.807, 2.05) is 24.3 Å². The summed E-state index contributed by atoms with van der Waals surface area (Å²) in [5, 5.41) is 11.3. The van der Waals surface area contributed by atoms with E-state index in [2.05, 4.69) is 0 Å². The molecular formula is C26H26N2O7. The predicted molar refractivity (Wildman–Crippen MR) is 129 cm³/mol. The number of hydrogen-bond acceptors (Lipinski definition) is 7. The predicted octanol–water partition coefficient (Wildman–Crippen LogP) is 4.44. The highest BCUT2D eigenvalue weighted by molar-refractivity contribution is 5.95. The molecule has 3 aromatic rings. The molecule has 0 saturated heterocycles. The molecule has 1 aliphatic heterocycles. The summed E-state index contributed by atoms with van der Waals surface area (Å²) in [6.45, 7) is 0.549. The van der Waals surface area contributed by atoms with Gasteiger partial charge in [0.2, 0.25) is 0 Å². The van der Waals surface area contributed by atoms with Gasteiger partial charge in [-0.05, 0) is 47.9 Å². The van der Waals surface area contributed by atoms with Crippen LogP contribution in [-0.4, -0.2) is 50.2 Å². The summed E-state index contributed by atoms with van der Waals surface area (Å²) in [4.78, 5) is 26.0. The summed E-state index contributed by atoms with van der Waals surface area (Å²) < 4.78 is 22.5. The minimum atomic E-state index is -0.512. The van der Waals surface area contributed by atoms with Crippen molar-refractivity contribution in [1.29, 1.82) is 0 Å². The van der Waals surface area contributed by atoms with E-state index in [1.165, 1.54) is 18.2 Å². The molecule has 0 aromatic heterocycles. The number of nitro benzene ring substituents is 1. The molecule has 0 saturated carbocycles. The highest BCUT2D eigenvalue weighted by Crippen LogP contribution is 2.39. The Morgan fingerprint density at radius 3 is 2.31 bits per heavy atom. The van der Waals surface area contributed by atoms with Gasteiger partial charge in [0, 0.05) is 24.2 Å². The second-order valence-electron chi connectivity index (χ2n) is 7.94. The van der Waals surface area contributed by atoms with E-state index in [1.54, 1.807) is 44.4 Å². The molecule has 35 heavy (non-hydrogen) atoms. The van der Waals surface area contributed by atoms with E-state index in [9.17, 15) is 14.9 Å². The number of ether oxygens (including phenoxy) is 4. The first-order chi connectivity index (χ1) is 17.0. The van der Waals surface area contributed by atoms with Crippen molar-refractivity contribution in [2.75, 3.05) is 34.5 Å². The molecule has 9 nitrogen and oxygen atoms in total. The zero-order valence-electron chi connectivity index (χ0n) is 19.7. The molecule has 0 unspecified atom stereocenters. The van der Waals surface area contributed by atoms with Gasteiger partial charge < -0.3 is 23.8 Å². The van der Waals surface area contributed by atoms with Crippen LogP contribution in [0, 0.1) is 10.1 Å². The van der Waals surface area contributed by atoms with Gasteiger partial charge in [0.05, 0.1) is 32.3 Å². The molecule has 0 radical (unpaired) electrons. The molecule has 0 fully saturated rings. The number of carbonyl (C=O) groups is 1. The molecular weight excluding hydrogens is 452 g/mol. The molecule has 1 heterocycles. The van der Waals surface area contributed by atoms with Crippen LogP contribution >= 0.6 is 0 Å². The molecule has 0 N–H and O–H groups in total. The van der Waals surface area contributed by atoms with Crippen LogP contribution in [0.25, 0.3) is 0 Å². The Hall–Kier alpha value is -4.27. The maximum Gasteiger partial charge on any atom is 0.270 e. The number of fused-ring (bicyclic) bond motifs is 1. The van der Waals surface area contributed by atoms with E-state index in [4.69, 9.17) is 18.9 Å². The number of amides is 1. The van der Waals surface area contributed by atoms with Gasteiger partial charge in [-0.1, -0.05) is 18.2 Å². The normalized spacial score (nSPS) is 14.6. The SMILES string of the molecule is COc1cc2c(cc1OC)[C@@H](COc1ccccc1OC)N(C(=O)c1cccc([N+](=O)[O-])c1)CC2. The van der Waals surface area contributed by atoms with Crippen LogP contribution < -0.4 is 18.9 Å². The quantitative estimate of drug-likeness (QED) is 0.349. The Labute approximate surface area is 202 Å². The van der Waals surface area contributed by atoms with Crippen LogP contribution in [0.4, 0.5) is 5.69 Å². The van der Waals surface area contributed by atoms with Gasteiger partial charge in [0.1, 0.15) is 6.61 Å². The van der Waals surface area contributed by atoms with Crippen molar-refractivity contribution in [2.45, 2.75) is 12.5 Å². The Kier molecular flexibility index (Phi) is 7.05. The standard InChI is InChI=1S/C26H26N2O7/c1-32-22-9-4-5-10-23(22)35-16-21-20-15-25(34-3)24(33-2)14-17(20)11-12-27(21)26(29)18-7-6-8-19(13-18)28(30)31/h4-10,13-15,21H,11-12,16H2,1-3H3/t21-/m1/s1. The third-order valence-corrected chi connectivity index (χ3v) is 6.03. The third kappa shape index (κ3) is 4.84. The van der Waals surface area contributed by atoms with Crippen LogP contribution in [0.5, 0.6) is 23.0 Å². The second-order valence-corrected chi connectivity index (χ2v) is 7.94. The first-order valence-electron chi connectivity index (χ1n) is 11.0. The average molecular weight is 479 g/mol. The number of carbonyl (C=O) groups excluding carboxylic acids is 1. The lowest BCUT2D eigenvalue weighted by Crippen LogP contribution is -2.42. The zero-order valence-corrected chi connectivity index (χ0v) is 19.7. The highest BCUT2D eigenvalue weighted by Gasteiger charge is 2.34. The Bertz CT molecular complexity index is 1240. The van der Waals surface area contributed by atoms with Crippen LogP contribution in [0.3, 0.4) is 0 Å². The van der Waals surface area contributed by atoms with E-state index < -0.39 is 11.0 Å². The summed E-state index contributed by atoms with van der Waals surface area (Å²) in [5.41, 5.74) is 1.98. The third-order valence-electron chi connectivity index (χ3n) is 6.03. The topological polar surface area (TPSA) is 100 Å². The lowest BCUT2D eigenvalue weighted by atomic mass is 9.91. The van der Waals surface area contributed by atoms with Crippen LogP contribution in [-0.2, 0) is 6.42 Å². The Morgan fingerprint density at radius 2 is 1.63 bits per heavy atom. The maximum absolute atomic E-state index is 13.6. The number of non-ortho nitro benzene ring substituents is 1. The first kappa shape index (κ1) is 23.9. The van der Waals surface area contributed by atoms with Gasteiger partial charge in [-0.25, -0.2) is 0 Å². The summed E-state index contributed by atoms with van der Waals surface area (Å²) in [6.07, 6.45) is 0.585. The molecule has 9 heteroatoms. The van der Waals surface area contributed by atoms with Crippen molar-refractivity contribution in [3.63, 3.8) is 0 Å². The number of nitro groups is 1. The lowest BCUT2D eigenvalue weighted by molar-refractivity contribution is -0.384. The molecule has 182 valence electrons. The largest absolute Gasteiger partial charge is 0.493 e. The highest BCUT2D eigenvalue weighted by atomic mass is 16.6. The van der Waals surface area contributed by atoms with Gasteiger partial charge in [-0.15, -0.1) is 0 Å². The van der Waals surface area contributed by atoms with Crippen molar-refractivity contribution < 1.29 is 28.7 Å². The number of nitrogens with zero attached hydrogens (tertiary/aromatic N) is 2. The van der Waals surface area contributed by atoms with Crippen molar-refractivity contribution in [2.24, 2.45) is 0 Å². The number of rotatable bonds is 8. The Balaban J connectivity index is 1.73. The van der Waals surface area contributed by atoms with Gasteiger partial charge in [0.25, 0.3) is 11.6 Å². The molecule has 1 amide bonds. The Morgan fingerprint density at radius 1 is 0.943 bits per heavy atom. The smallest absolute Gasteiger partial charge is 0.270 e. The molecule has 0 aliphatic carbocycles. The first-order valence-corrected chi connectivity index (χ1v) is 11.0. The molecule has 4 rings (SSSR count). The van der Waals surface area contributed by atoms with Gasteiger partial charge >= 0.3 is 0 Å². The van der Waals surface area contributed by atoms with E-state index in [0.717, 1.165) is 11.1 Å². The molecule has 0 spiro atoms. The lowest BCUT2D eigenvalue weighted by Gasteiger charge is -2.37. The number of methoxy groups -OCH3 is 3. The summed E-state index contributed by atoms with van der Waals surface area (Å²) in [7, 11) is 4.69. The fraction of sp³-hybridized carbons (Fsp3) is 0.269. The fourth-order valence-corrected chi connectivity index (χ4v) is 4.28. The summed E-state index contributed by atoms with van der Waals surface area (Å²) >= 11 is 0. The average Bonchev–Trinajstić information content (AvgIpc) is 2.90. The molecule has 1 aliphatic rings. The van der Waals surface area contributed by atoms with Gasteiger partial charge in [-0.2, -0.15) is 0 Å². The van der Waals surface area contributed by atoms with Crippen molar-refractivity contribution in [3.8, 4) is 23.0 Å². The van der Waals surface area contributed by atoms with Crippen molar-refractivity contribution in [1.82, 2.24) is 4.90 Å². The maximum atomic E-state index is 13.6. The summed E-state index contributed by atoms with van der Waals surface area (Å²) in [6, 6.07) is 16.3. The van der Waals surface area contributed by atoms with Crippen molar-refractivity contribution >= 4 is 11.6 Å². The number of hydrogen-bond donors (Lipinski definition) is 0. The number of benzene rings is 3. The van der Waals surface area contributed by atoms with E-state index in [-0.39, 0.29) is 23.8 Å². The van der Waals surface area contributed by atoms with Crippen LogP contribution in [0.1, 0.15) is 27.5 Å². The van der Waals surface area contributed by atoms with Crippen LogP contribution in [0.15, 0.2) is 60.7 Å². The fourth-order valence-electron chi connectivity index (χ4n) is 4.28. The zero-order chi connectivity index (χ0) is 24.9. The minimum Gasteiger partial charge on any atom is -0.493 e. The van der Waals surface area contributed by atoms with E-state index in [0.29, 0.717) is 36.0 Å². The molecule has 3 aromatic carbocycles.